The molecular weight excluding hydrogens is 551 g/mol. The number of anilines is 1. The predicted octanol–water partition coefficient (Wildman–Crippen LogP) is 6.76. The zero-order valence-corrected chi connectivity index (χ0v) is 23.8. The number of rotatable bonds is 5. The van der Waals surface area contributed by atoms with Gasteiger partial charge in [0.25, 0.3) is 5.91 Å². The Labute approximate surface area is 222 Å². The van der Waals surface area contributed by atoms with E-state index < -0.39 is 5.60 Å². The van der Waals surface area contributed by atoms with Crippen LogP contribution < -0.4 is 5.32 Å². The van der Waals surface area contributed by atoms with Crippen molar-refractivity contribution in [3.63, 3.8) is 0 Å². The molecule has 1 saturated carbocycles. The van der Waals surface area contributed by atoms with Gasteiger partial charge in [-0.2, -0.15) is 5.10 Å². The molecule has 1 unspecified atom stereocenters. The summed E-state index contributed by atoms with van der Waals surface area (Å²) in [4.78, 5) is 17.8. The zero-order valence-electron chi connectivity index (χ0n) is 21.6. The van der Waals surface area contributed by atoms with Crippen molar-refractivity contribution in [2.75, 3.05) is 5.32 Å². The molecule has 1 atom stereocenters. The first-order chi connectivity index (χ1) is 16.3. The summed E-state index contributed by atoms with van der Waals surface area (Å²) in [5, 5.41) is 19.7. The average molecular weight is 589 g/mol. The maximum absolute atomic E-state index is 13.2. The largest absolute Gasteiger partial charge is 0.386 e. The third-order valence-corrected chi connectivity index (χ3v) is 8.10. The van der Waals surface area contributed by atoms with E-state index in [0.717, 1.165) is 35.4 Å². The molecule has 1 fully saturated rings. The third-order valence-electron chi connectivity index (χ3n) is 7.08. The van der Waals surface area contributed by atoms with Crippen LogP contribution in [0.15, 0.2) is 36.5 Å². The monoisotopic (exact) mass is 588 g/mol. The van der Waals surface area contributed by atoms with E-state index in [1.807, 2.05) is 24.3 Å². The van der Waals surface area contributed by atoms with Gasteiger partial charge in [-0.1, -0.05) is 56.4 Å². The molecule has 2 heterocycles. The molecule has 35 heavy (non-hydrogen) atoms. The van der Waals surface area contributed by atoms with E-state index in [-0.39, 0.29) is 11.3 Å². The van der Waals surface area contributed by atoms with Crippen molar-refractivity contribution < 1.29 is 9.90 Å². The highest BCUT2D eigenvalue weighted by Gasteiger charge is 2.27. The van der Waals surface area contributed by atoms with E-state index >= 15 is 0 Å². The van der Waals surface area contributed by atoms with Crippen molar-refractivity contribution >= 4 is 45.1 Å². The van der Waals surface area contributed by atoms with E-state index in [9.17, 15) is 9.90 Å². The van der Waals surface area contributed by atoms with Gasteiger partial charge in [-0.25, -0.2) is 4.98 Å². The molecule has 3 aromatic rings. The molecular formula is C28H37IN4O2. The quantitative estimate of drug-likeness (QED) is 0.255. The highest BCUT2D eigenvalue weighted by Crippen LogP contribution is 2.37. The minimum Gasteiger partial charge on any atom is -0.386 e. The van der Waals surface area contributed by atoms with Crippen LogP contribution in [0.25, 0.3) is 10.9 Å². The number of halogens is 1. The Morgan fingerprint density at radius 1 is 1.14 bits per heavy atom. The molecule has 0 saturated heterocycles. The summed E-state index contributed by atoms with van der Waals surface area (Å²) >= 11 is 2.54. The van der Waals surface area contributed by atoms with Gasteiger partial charge in [-0.3, -0.25) is 9.48 Å². The average Bonchev–Trinajstić information content (AvgIpc) is 3.20. The Morgan fingerprint density at radius 2 is 1.83 bits per heavy atom. The molecule has 1 amide bonds. The standard InChI is InChI=1S/C28H37IN4O2/c1-17(29)18-10-12-20(13-11-18)33-16-19-14-24(21(28(5,6)35)15-23(19)32-33)31-26(34)22-8-7-9-25(30-22)27(2,3)4/h7-9,14-18,20,35H,10-13H2,1-6H3,(H,31,34). The molecule has 0 aliphatic heterocycles. The minimum absolute atomic E-state index is 0.157. The molecule has 4 rings (SSSR count). The van der Waals surface area contributed by atoms with Gasteiger partial charge in [0.2, 0.25) is 0 Å². The van der Waals surface area contributed by atoms with E-state index in [0.29, 0.717) is 26.9 Å². The summed E-state index contributed by atoms with van der Waals surface area (Å²) in [5.74, 6) is 0.491. The van der Waals surface area contributed by atoms with Gasteiger partial charge in [-0.05, 0) is 69.7 Å². The van der Waals surface area contributed by atoms with Crippen LogP contribution in [-0.4, -0.2) is 29.7 Å². The molecule has 0 radical (unpaired) electrons. The second-order valence-electron chi connectivity index (χ2n) is 11.5. The maximum Gasteiger partial charge on any atom is 0.274 e. The lowest BCUT2D eigenvalue weighted by Gasteiger charge is -2.30. The van der Waals surface area contributed by atoms with Crippen LogP contribution in [0, 0.1) is 5.92 Å². The first-order valence-corrected chi connectivity index (χ1v) is 13.8. The Hall–Kier alpha value is -2.00. The maximum atomic E-state index is 13.2. The van der Waals surface area contributed by atoms with Gasteiger partial charge in [0.05, 0.1) is 17.2 Å². The molecule has 0 spiro atoms. The van der Waals surface area contributed by atoms with Crippen molar-refractivity contribution in [3.05, 3.63) is 53.5 Å². The van der Waals surface area contributed by atoms with Gasteiger partial charge >= 0.3 is 0 Å². The van der Waals surface area contributed by atoms with Crippen LogP contribution in [0.2, 0.25) is 0 Å². The molecule has 188 valence electrons. The minimum atomic E-state index is -1.14. The lowest BCUT2D eigenvalue weighted by molar-refractivity contribution is 0.0793. The number of aromatic nitrogens is 3. The molecule has 7 heteroatoms. The van der Waals surface area contributed by atoms with Crippen LogP contribution in [0.4, 0.5) is 5.69 Å². The Balaban J connectivity index is 1.64. The number of alkyl halides is 1. The number of carbonyl (C=O) groups excluding carboxylic acids is 1. The zero-order chi connectivity index (χ0) is 25.5. The fourth-order valence-electron chi connectivity index (χ4n) is 4.88. The van der Waals surface area contributed by atoms with E-state index in [4.69, 9.17) is 5.10 Å². The molecule has 1 aliphatic carbocycles. The van der Waals surface area contributed by atoms with Crippen LogP contribution in [0.5, 0.6) is 0 Å². The first kappa shape index (κ1) is 26.1. The number of pyridine rings is 1. The van der Waals surface area contributed by atoms with Crippen LogP contribution >= 0.6 is 22.6 Å². The number of nitrogens with zero attached hydrogens (tertiary/aromatic N) is 3. The Kier molecular flexibility index (Phi) is 7.31. The van der Waals surface area contributed by atoms with Crippen LogP contribution in [0.1, 0.15) is 95.0 Å². The lowest BCUT2D eigenvalue weighted by atomic mass is 9.84. The van der Waals surface area contributed by atoms with Crippen molar-refractivity contribution in [3.8, 4) is 0 Å². The summed E-state index contributed by atoms with van der Waals surface area (Å²) in [6, 6.07) is 9.74. The van der Waals surface area contributed by atoms with Crippen LogP contribution in [-0.2, 0) is 11.0 Å². The number of carbonyl (C=O) groups is 1. The summed E-state index contributed by atoms with van der Waals surface area (Å²) in [6.45, 7) is 12.0. The second-order valence-corrected chi connectivity index (χ2v) is 13.4. The molecule has 1 aliphatic rings. The smallest absolute Gasteiger partial charge is 0.274 e. The number of hydrogen-bond donors (Lipinski definition) is 2. The predicted molar refractivity (Wildman–Crippen MR) is 150 cm³/mol. The van der Waals surface area contributed by atoms with Crippen molar-refractivity contribution in [2.24, 2.45) is 5.92 Å². The number of benzene rings is 1. The van der Waals surface area contributed by atoms with E-state index in [1.165, 1.54) is 12.8 Å². The molecule has 1 aromatic carbocycles. The summed E-state index contributed by atoms with van der Waals surface area (Å²) in [7, 11) is 0. The molecule has 2 aromatic heterocycles. The Bertz CT molecular complexity index is 1210. The second kappa shape index (κ2) is 9.81. The van der Waals surface area contributed by atoms with Gasteiger partial charge in [-0.15, -0.1) is 0 Å². The van der Waals surface area contributed by atoms with E-state index in [1.54, 1.807) is 19.9 Å². The SMILES string of the molecule is CC(I)C1CCC(n2cc3cc(NC(=O)c4cccc(C(C)(C)C)n4)c(C(C)(C)O)cc3n2)CC1. The van der Waals surface area contributed by atoms with Gasteiger partial charge < -0.3 is 10.4 Å². The number of nitrogens with one attached hydrogen (secondary N) is 1. The molecule has 6 nitrogen and oxygen atoms in total. The summed E-state index contributed by atoms with van der Waals surface area (Å²) in [5.41, 5.74) is 1.97. The van der Waals surface area contributed by atoms with Gasteiger partial charge in [0.1, 0.15) is 5.69 Å². The van der Waals surface area contributed by atoms with Crippen molar-refractivity contribution in [2.45, 2.75) is 88.2 Å². The highest BCUT2D eigenvalue weighted by molar-refractivity contribution is 14.1. The third kappa shape index (κ3) is 5.88. The molecule has 2 N–H and O–H groups in total. The summed E-state index contributed by atoms with van der Waals surface area (Å²) < 4.78 is 2.79. The summed E-state index contributed by atoms with van der Waals surface area (Å²) in [6.07, 6.45) is 6.78. The van der Waals surface area contributed by atoms with E-state index in [2.05, 4.69) is 71.5 Å². The first-order valence-electron chi connectivity index (χ1n) is 12.5. The topological polar surface area (TPSA) is 80.0 Å². The van der Waals surface area contributed by atoms with Crippen molar-refractivity contribution in [1.29, 1.82) is 0 Å². The van der Waals surface area contributed by atoms with Crippen LogP contribution in [0.3, 0.4) is 0 Å². The Morgan fingerprint density at radius 3 is 2.43 bits per heavy atom. The fraction of sp³-hybridized carbons (Fsp3) is 0.536. The number of fused-ring (bicyclic) bond motifs is 1. The molecule has 0 bridgehead atoms. The number of amides is 1. The fourth-order valence-corrected chi connectivity index (χ4v) is 5.60. The number of hydrogen-bond acceptors (Lipinski definition) is 4. The van der Waals surface area contributed by atoms with Gasteiger partial charge in [0.15, 0.2) is 0 Å². The van der Waals surface area contributed by atoms with Crippen molar-refractivity contribution in [1.82, 2.24) is 14.8 Å². The van der Waals surface area contributed by atoms with Gasteiger partial charge in [0, 0.05) is 37.9 Å². The lowest BCUT2D eigenvalue weighted by Crippen LogP contribution is -2.22. The normalized spacial score (nSPS) is 20.1. The highest BCUT2D eigenvalue weighted by atomic mass is 127. The number of aliphatic hydroxyl groups is 1.